The van der Waals surface area contributed by atoms with Gasteiger partial charge in [0.2, 0.25) is 5.91 Å². The van der Waals surface area contributed by atoms with E-state index in [1.165, 1.54) is 6.92 Å². The molecule has 0 fully saturated rings. The Morgan fingerprint density at radius 2 is 1.81 bits per heavy atom. The molecule has 1 heterocycles. The van der Waals surface area contributed by atoms with Crippen LogP contribution in [0.1, 0.15) is 51.5 Å². The van der Waals surface area contributed by atoms with Gasteiger partial charge in [0.1, 0.15) is 23.5 Å². The molecule has 2 aromatic carbocycles. The first-order valence-corrected chi connectivity index (χ1v) is 11.7. The molecule has 1 amide bonds. The number of carbonyl (C=O) groups is 2. The number of benzene rings is 2. The van der Waals surface area contributed by atoms with Gasteiger partial charge < -0.3 is 20.3 Å². The van der Waals surface area contributed by atoms with Crippen LogP contribution in [0, 0.1) is 17.0 Å². The molecule has 0 bridgehead atoms. The molecule has 0 spiro atoms. The minimum atomic E-state index is -1.15. The molecular formula is C27H32F2N4O3. The van der Waals surface area contributed by atoms with Crippen LogP contribution in [0.15, 0.2) is 54.7 Å². The van der Waals surface area contributed by atoms with Gasteiger partial charge >= 0.3 is 5.97 Å². The first-order valence-electron chi connectivity index (χ1n) is 11.7. The Bertz CT molecular complexity index is 1220. The van der Waals surface area contributed by atoms with E-state index in [0.29, 0.717) is 12.4 Å². The predicted octanol–water partition coefficient (Wildman–Crippen LogP) is 4.61. The quantitative estimate of drug-likeness (QED) is 0.449. The summed E-state index contributed by atoms with van der Waals surface area (Å²) in [7, 11) is 0. The summed E-state index contributed by atoms with van der Waals surface area (Å²) < 4.78 is 30.5. The van der Waals surface area contributed by atoms with Crippen molar-refractivity contribution >= 4 is 11.9 Å². The van der Waals surface area contributed by atoms with Gasteiger partial charge in [-0.2, -0.15) is 0 Å². The second-order valence-corrected chi connectivity index (χ2v) is 9.94. The number of imidazole rings is 1. The molecule has 0 aliphatic carbocycles. The minimum absolute atomic E-state index is 0.0120. The topological polar surface area (TPSA) is 101 Å². The molecule has 9 heteroatoms. The van der Waals surface area contributed by atoms with Gasteiger partial charge in [-0.1, -0.05) is 51.1 Å². The summed E-state index contributed by atoms with van der Waals surface area (Å²) in [5.74, 6) is -2.16. The van der Waals surface area contributed by atoms with Crippen LogP contribution in [0.4, 0.5) is 8.78 Å². The highest BCUT2D eigenvalue weighted by Crippen LogP contribution is 2.39. The lowest BCUT2D eigenvalue weighted by Gasteiger charge is -2.39. The van der Waals surface area contributed by atoms with Crippen molar-refractivity contribution in [2.45, 2.75) is 52.7 Å². The van der Waals surface area contributed by atoms with Gasteiger partial charge in [0.15, 0.2) is 0 Å². The molecule has 0 saturated heterocycles. The summed E-state index contributed by atoms with van der Waals surface area (Å²) >= 11 is 0. The summed E-state index contributed by atoms with van der Waals surface area (Å²) in [5, 5.41) is 9.22. The maximum Gasteiger partial charge on any atom is 0.320 e. The Kier molecular flexibility index (Phi) is 8.24. The summed E-state index contributed by atoms with van der Waals surface area (Å²) in [4.78, 5) is 30.4. The molecule has 0 aliphatic rings. The lowest BCUT2D eigenvalue weighted by Crippen LogP contribution is -2.44. The average Bonchev–Trinajstić information content (AvgIpc) is 3.19. The highest BCUT2D eigenvalue weighted by molar-refractivity contribution is 5.75. The van der Waals surface area contributed by atoms with E-state index in [1.54, 1.807) is 11.1 Å². The number of carboxylic acid groups (broad SMARTS) is 1. The van der Waals surface area contributed by atoms with E-state index in [9.17, 15) is 23.5 Å². The summed E-state index contributed by atoms with van der Waals surface area (Å²) in [6.07, 6.45) is 1.70. The van der Waals surface area contributed by atoms with Crippen molar-refractivity contribution in [2.24, 2.45) is 11.1 Å². The van der Waals surface area contributed by atoms with Gasteiger partial charge in [-0.15, -0.1) is 0 Å². The lowest BCUT2D eigenvalue weighted by atomic mass is 9.84. The molecule has 3 rings (SSSR count). The van der Waals surface area contributed by atoms with E-state index in [4.69, 9.17) is 10.7 Å². The minimum Gasteiger partial charge on any atom is -0.480 e. The summed E-state index contributed by atoms with van der Waals surface area (Å²) in [6, 6.07) is 11.0. The van der Waals surface area contributed by atoms with Gasteiger partial charge in [0, 0.05) is 31.8 Å². The van der Waals surface area contributed by atoms with E-state index >= 15 is 0 Å². The Morgan fingerprint density at radius 3 is 2.39 bits per heavy atom. The number of aliphatic carboxylic acids is 1. The second kappa shape index (κ2) is 11.0. The molecule has 0 radical (unpaired) electrons. The Balaban J connectivity index is 2.16. The Morgan fingerprint density at radius 1 is 1.14 bits per heavy atom. The third kappa shape index (κ3) is 6.34. The van der Waals surface area contributed by atoms with Crippen molar-refractivity contribution in [1.82, 2.24) is 14.5 Å². The van der Waals surface area contributed by atoms with Crippen LogP contribution in [-0.2, 0) is 16.1 Å². The van der Waals surface area contributed by atoms with E-state index < -0.39 is 35.1 Å². The third-order valence-corrected chi connectivity index (χ3v) is 5.99. The smallest absolute Gasteiger partial charge is 0.320 e. The number of carbonyl (C=O) groups excluding carboxylic acids is 1. The molecular weight excluding hydrogens is 466 g/mol. The van der Waals surface area contributed by atoms with Crippen molar-refractivity contribution in [2.75, 3.05) is 6.54 Å². The normalized spacial score (nSPS) is 13.3. The number of rotatable bonds is 9. The maximum absolute atomic E-state index is 14.7. The van der Waals surface area contributed by atoms with Crippen LogP contribution in [-0.4, -0.2) is 44.0 Å². The van der Waals surface area contributed by atoms with Crippen LogP contribution in [0.2, 0.25) is 0 Å². The first-order chi connectivity index (χ1) is 16.9. The van der Waals surface area contributed by atoms with Crippen LogP contribution in [0.5, 0.6) is 0 Å². The molecule has 192 valence electrons. The number of aromatic nitrogens is 2. The number of carboxylic acids is 1. The zero-order chi connectivity index (χ0) is 26.6. The van der Waals surface area contributed by atoms with E-state index in [1.807, 2.05) is 55.7 Å². The van der Waals surface area contributed by atoms with Gasteiger partial charge in [-0.05, 0) is 35.6 Å². The lowest BCUT2D eigenvalue weighted by molar-refractivity contribution is -0.140. The zero-order valence-corrected chi connectivity index (χ0v) is 20.9. The molecule has 3 aromatic rings. The number of hydrogen-bond acceptors (Lipinski definition) is 4. The largest absolute Gasteiger partial charge is 0.480 e. The van der Waals surface area contributed by atoms with Crippen molar-refractivity contribution in [1.29, 1.82) is 0 Å². The van der Waals surface area contributed by atoms with E-state index in [0.717, 1.165) is 23.8 Å². The van der Waals surface area contributed by atoms with Crippen molar-refractivity contribution < 1.29 is 23.5 Å². The summed E-state index contributed by atoms with van der Waals surface area (Å²) in [5.41, 5.74) is 6.38. The predicted molar refractivity (Wildman–Crippen MR) is 133 cm³/mol. The zero-order valence-electron chi connectivity index (χ0n) is 20.9. The molecule has 0 saturated carbocycles. The SMILES string of the molecule is CC(=O)N(CC[C@H](N)C(=O)O)[C@@H](c1nc(-c2cc(F)ccc2F)cn1Cc1ccccc1)C(C)(C)C. The Labute approximate surface area is 209 Å². The van der Waals surface area contributed by atoms with Gasteiger partial charge in [-0.25, -0.2) is 13.8 Å². The number of amides is 1. The molecule has 36 heavy (non-hydrogen) atoms. The molecule has 0 unspecified atom stereocenters. The van der Waals surface area contributed by atoms with E-state index in [-0.39, 0.29) is 30.1 Å². The average molecular weight is 499 g/mol. The van der Waals surface area contributed by atoms with Crippen LogP contribution < -0.4 is 5.73 Å². The molecule has 0 aliphatic heterocycles. The second-order valence-electron chi connectivity index (χ2n) is 9.94. The van der Waals surface area contributed by atoms with Gasteiger partial charge in [0.25, 0.3) is 0 Å². The third-order valence-electron chi connectivity index (χ3n) is 5.99. The number of halogens is 2. The van der Waals surface area contributed by atoms with Gasteiger partial charge in [-0.3, -0.25) is 9.59 Å². The number of hydrogen-bond donors (Lipinski definition) is 2. The molecule has 2 atom stereocenters. The maximum atomic E-state index is 14.7. The van der Waals surface area contributed by atoms with Crippen LogP contribution in [0.3, 0.4) is 0 Å². The fourth-order valence-electron chi connectivity index (χ4n) is 4.24. The molecule has 1 aromatic heterocycles. The number of nitrogens with two attached hydrogens (primary N) is 1. The van der Waals surface area contributed by atoms with Crippen molar-refractivity contribution in [3.63, 3.8) is 0 Å². The van der Waals surface area contributed by atoms with Crippen molar-refractivity contribution in [3.8, 4) is 11.3 Å². The monoisotopic (exact) mass is 498 g/mol. The number of nitrogens with zero attached hydrogens (tertiary/aromatic N) is 3. The highest BCUT2D eigenvalue weighted by atomic mass is 19.1. The first kappa shape index (κ1) is 27.0. The van der Waals surface area contributed by atoms with Crippen LogP contribution in [0.25, 0.3) is 11.3 Å². The van der Waals surface area contributed by atoms with Crippen LogP contribution >= 0.6 is 0 Å². The molecule has 3 N–H and O–H groups in total. The fourth-order valence-corrected chi connectivity index (χ4v) is 4.24. The standard InChI is InChI=1S/C27H32F2N4O3/c1-17(34)33(13-12-22(30)26(35)36)24(27(2,3)4)25-31-23(20-14-19(28)10-11-21(20)29)16-32(25)15-18-8-6-5-7-9-18/h5-11,14,16,22,24H,12-13,15,30H2,1-4H3,(H,35,36)/t22-,24-/m0/s1. The highest BCUT2D eigenvalue weighted by Gasteiger charge is 2.37. The molecule has 7 nitrogen and oxygen atoms in total. The van der Waals surface area contributed by atoms with Gasteiger partial charge in [0.05, 0.1) is 11.7 Å². The fraction of sp³-hybridized carbons (Fsp3) is 0.370. The summed E-state index contributed by atoms with van der Waals surface area (Å²) in [6.45, 7) is 7.69. The van der Waals surface area contributed by atoms with Crippen molar-refractivity contribution in [3.05, 3.63) is 77.8 Å². The Hall–Kier alpha value is -3.59. The van der Waals surface area contributed by atoms with E-state index in [2.05, 4.69) is 0 Å².